The summed E-state index contributed by atoms with van der Waals surface area (Å²) in [6.07, 6.45) is -2.59. The quantitative estimate of drug-likeness (QED) is 0.829. The lowest BCUT2D eigenvalue weighted by Crippen LogP contribution is -2.25. The second-order valence-corrected chi connectivity index (χ2v) is 3.83. The monoisotopic (exact) mass is 229 g/mol. The van der Waals surface area contributed by atoms with Gasteiger partial charge in [-0.05, 0) is 31.0 Å². The number of halogens is 3. The number of alkyl halides is 3. The number of nitrogens with one attached hydrogen (secondary N) is 1. The smallest absolute Gasteiger partial charge is 0.349 e. The van der Waals surface area contributed by atoms with Gasteiger partial charge in [-0.3, -0.25) is 4.79 Å². The third kappa shape index (κ3) is 2.53. The van der Waals surface area contributed by atoms with Crippen LogP contribution in [0.15, 0.2) is 24.3 Å². The van der Waals surface area contributed by atoms with E-state index < -0.39 is 17.6 Å². The minimum absolute atomic E-state index is 0.0572. The highest BCUT2D eigenvalue weighted by Gasteiger charge is 2.31. The number of hydrogen-bond acceptors (Lipinski definition) is 1. The summed E-state index contributed by atoms with van der Waals surface area (Å²) < 4.78 is 37.1. The van der Waals surface area contributed by atoms with Crippen LogP contribution in [-0.4, -0.2) is 11.9 Å². The Morgan fingerprint density at radius 3 is 2.56 bits per heavy atom. The zero-order valence-corrected chi connectivity index (χ0v) is 8.34. The Morgan fingerprint density at radius 1 is 1.31 bits per heavy atom. The molecule has 0 spiro atoms. The van der Waals surface area contributed by atoms with Crippen LogP contribution in [0, 0.1) is 0 Å². The summed E-state index contributed by atoms with van der Waals surface area (Å²) in [5.41, 5.74) is -0.738. The van der Waals surface area contributed by atoms with Crippen molar-refractivity contribution in [2.45, 2.75) is 25.1 Å². The van der Waals surface area contributed by atoms with Gasteiger partial charge in [-0.1, -0.05) is 6.07 Å². The molecule has 1 aliphatic rings. The van der Waals surface area contributed by atoms with Crippen LogP contribution in [0.25, 0.3) is 0 Å². The van der Waals surface area contributed by atoms with Gasteiger partial charge in [0.05, 0.1) is 5.56 Å². The van der Waals surface area contributed by atoms with E-state index in [1.807, 2.05) is 0 Å². The van der Waals surface area contributed by atoms with E-state index in [0.29, 0.717) is 0 Å². The Morgan fingerprint density at radius 2 is 2.00 bits per heavy atom. The molecule has 2 rings (SSSR count). The second kappa shape index (κ2) is 3.81. The summed E-state index contributed by atoms with van der Waals surface area (Å²) in [6, 6.07) is 4.59. The summed E-state index contributed by atoms with van der Waals surface area (Å²) in [5.74, 6) is -0.436. The molecule has 0 saturated heterocycles. The molecule has 0 atom stereocenters. The number of hydrogen-bond donors (Lipinski definition) is 1. The van der Waals surface area contributed by atoms with Gasteiger partial charge in [0.1, 0.15) is 0 Å². The van der Waals surface area contributed by atoms with E-state index in [1.54, 1.807) is 0 Å². The van der Waals surface area contributed by atoms with Crippen molar-refractivity contribution in [3.63, 3.8) is 0 Å². The molecule has 1 aromatic carbocycles. The van der Waals surface area contributed by atoms with Crippen LogP contribution < -0.4 is 5.32 Å². The lowest BCUT2D eigenvalue weighted by atomic mass is 10.1. The van der Waals surface area contributed by atoms with Crippen LogP contribution in [0.3, 0.4) is 0 Å². The molecule has 0 radical (unpaired) electrons. The van der Waals surface area contributed by atoms with Crippen molar-refractivity contribution in [1.29, 1.82) is 0 Å². The Balaban J connectivity index is 2.17. The van der Waals surface area contributed by atoms with Gasteiger partial charge in [-0.25, -0.2) is 0 Å². The number of rotatable bonds is 2. The normalized spacial score (nSPS) is 15.9. The topological polar surface area (TPSA) is 29.1 Å². The average molecular weight is 229 g/mol. The lowest BCUT2D eigenvalue weighted by molar-refractivity contribution is -0.137. The van der Waals surface area contributed by atoms with Crippen molar-refractivity contribution in [1.82, 2.24) is 5.32 Å². The molecule has 1 saturated carbocycles. The van der Waals surface area contributed by atoms with Crippen LogP contribution in [0.1, 0.15) is 28.8 Å². The Hall–Kier alpha value is -1.52. The van der Waals surface area contributed by atoms with Crippen LogP contribution in [0.4, 0.5) is 13.2 Å². The highest BCUT2D eigenvalue weighted by Crippen LogP contribution is 2.29. The molecule has 0 unspecified atom stereocenters. The summed E-state index contributed by atoms with van der Waals surface area (Å²) >= 11 is 0. The zero-order valence-electron chi connectivity index (χ0n) is 8.34. The highest BCUT2D eigenvalue weighted by molar-refractivity contribution is 5.94. The minimum Gasteiger partial charge on any atom is -0.349 e. The summed E-state index contributed by atoms with van der Waals surface area (Å²) in [4.78, 5) is 11.5. The molecule has 1 fully saturated rings. The van der Waals surface area contributed by atoms with Gasteiger partial charge in [-0.15, -0.1) is 0 Å². The minimum atomic E-state index is -4.41. The van der Waals surface area contributed by atoms with Crippen molar-refractivity contribution in [2.24, 2.45) is 0 Å². The van der Waals surface area contributed by atoms with Gasteiger partial charge >= 0.3 is 6.18 Å². The van der Waals surface area contributed by atoms with Gasteiger partial charge < -0.3 is 5.32 Å². The first-order valence-corrected chi connectivity index (χ1v) is 4.95. The molecule has 1 aromatic rings. The first-order chi connectivity index (χ1) is 7.47. The van der Waals surface area contributed by atoms with Gasteiger partial charge in [0, 0.05) is 11.6 Å². The summed E-state index contributed by atoms with van der Waals surface area (Å²) in [7, 11) is 0. The SMILES string of the molecule is O=C(NC1CC1)c1cccc(C(F)(F)F)c1. The largest absolute Gasteiger partial charge is 0.416 e. The molecule has 0 aliphatic heterocycles. The Labute approximate surface area is 90.5 Å². The standard InChI is InChI=1S/C11H10F3NO/c12-11(13,14)8-3-1-2-7(6-8)10(16)15-9-4-5-9/h1-3,6,9H,4-5H2,(H,15,16). The number of carbonyl (C=O) groups is 1. The van der Waals surface area contributed by atoms with E-state index in [1.165, 1.54) is 12.1 Å². The molecule has 5 heteroatoms. The second-order valence-electron chi connectivity index (χ2n) is 3.83. The van der Waals surface area contributed by atoms with Crippen LogP contribution in [0.2, 0.25) is 0 Å². The molecule has 16 heavy (non-hydrogen) atoms. The molecule has 2 nitrogen and oxygen atoms in total. The summed E-state index contributed by atoms with van der Waals surface area (Å²) in [5, 5.41) is 2.64. The molecule has 0 aromatic heterocycles. The highest BCUT2D eigenvalue weighted by atomic mass is 19.4. The van der Waals surface area contributed by atoms with Gasteiger partial charge in [0.2, 0.25) is 0 Å². The van der Waals surface area contributed by atoms with Crippen LogP contribution in [-0.2, 0) is 6.18 Å². The van der Waals surface area contributed by atoms with E-state index in [4.69, 9.17) is 0 Å². The third-order valence-electron chi connectivity index (χ3n) is 2.36. The van der Waals surface area contributed by atoms with Crippen molar-refractivity contribution >= 4 is 5.91 Å². The maximum atomic E-state index is 12.4. The third-order valence-corrected chi connectivity index (χ3v) is 2.36. The van der Waals surface area contributed by atoms with Crippen LogP contribution >= 0.6 is 0 Å². The first kappa shape index (κ1) is 11.0. The maximum absolute atomic E-state index is 12.4. The number of amides is 1. The maximum Gasteiger partial charge on any atom is 0.416 e. The first-order valence-electron chi connectivity index (χ1n) is 4.95. The fourth-order valence-corrected chi connectivity index (χ4v) is 1.33. The van der Waals surface area contributed by atoms with Crippen molar-refractivity contribution < 1.29 is 18.0 Å². The van der Waals surface area contributed by atoms with E-state index in [9.17, 15) is 18.0 Å². The fraction of sp³-hybridized carbons (Fsp3) is 0.364. The van der Waals surface area contributed by atoms with Gasteiger partial charge in [-0.2, -0.15) is 13.2 Å². The molecule has 1 N–H and O–H groups in total. The van der Waals surface area contributed by atoms with Crippen LogP contribution in [0.5, 0.6) is 0 Å². The molecule has 0 bridgehead atoms. The van der Waals surface area contributed by atoms with Crippen molar-refractivity contribution in [2.75, 3.05) is 0 Å². The Bertz CT molecular complexity index is 410. The number of benzene rings is 1. The summed E-state index contributed by atoms with van der Waals surface area (Å²) in [6.45, 7) is 0. The predicted octanol–water partition coefficient (Wildman–Crippen LogP) is 2.60. The lowest BCUT2D eigenvalue weighted by Gasteiger charge is -2.08. The number of carbonyl (C=O) groups excluding carboxylic acids is 1. The molecule has 1 amide bonds. The molecular weight excluding hydrogens is 219 g/mol. The van der Waals surface area contributed by atoms with E-state index in [2.05, 4.69) is 5.32 Å². The van der Waals surface area contributed by atoms with E-state index in [0.717, 1.165) is 25.0 Å². The molecule has 0 heterocycles. The van der Waals surface area contributed by atoms with E-state index >= 15 is 0 Å². The van der Waals surface area contributed by atoms with Gasteiger partial charge in [0.15, 0.2) is 0 Å². The van der Waals surface area contributed by atoms with Gasteiger partial charge in [0.25, 0.3) is 5.91 Å². The average Bonchev–Trinajstić information content (AvgIpc) is 3.00. The van der Waals surface area contributed by atoms with Crippen molar-refractivity contribution in [3.05, 3.63) is 35.4 Å². The molecular formula is C11H10F3NO. The molecule has 86 valence electrons. The van der Waals surface area contributed by atoms with Crippen molar-refractivity contribution in [3.8, 4) is 0 Å². The predicted molar refractivity (Wildman–Crippen MR) is 51.9 cm³/mol. The fourth-order valence-electron chi connectivity index (χ4n) is 1.33. The van der Waals surface area contributed by atoms with E-state index in [-0.39, 0.29) is 11.6 Å². The Kier molecular flexibility index (Phi) is 2.61. The zero-order chi connectivity index (χ0) is 11.8. The molecule has 1 aliphatic carbocycles.